The number of rotatable bonds is 3. The van der Waals surface area contributed by atoms with Crippen molar-refractivity contribution in [2.75, 3.05) is 0 Å². The minimum atomic E-state index is -0.0248. The third-order valence-electron chi connectivity index (χ3n) is 4.08. The van der Waals surface area contributed by atoms with Crippen molar-refractivity contribution < 1.29 is 0 Å². The highest BCUT2D eigenvalue weighted by Gasteiger charge is 2.15. The fourth-order valence-electron chi connectivity index (χ4n) is 2.92. The third kappa shape index (κ3) is 2.57. The molecule has 0 saturated carbocycles. The van der Waals surface area contributed by atoms with Gasteiger partial charge in [-0.1, -0.05) is 42.0 Å². The summed E-state index contributed by atoms with van der Waals surface area (Å²) in [6.07, 6.45) is 0.756. The summed E-state index contributed by atoms with van der Waals surface area (Å²) in [5.41, 5.74) is 12.4. The monoisotopic (exact) mass is 279 g/mol. The van der Waals surface area contributed by atoms with Crippen molar-refractivity contribution in [3.63, 3.8) is 0 Å². The van der Waals surface area contributed by atoms with Crippen LogP contribution in [0, 0.1) is 13.8 Å². The maximum absolute atomic E-state index is 6.45. The summed E-state index contributed by atoms with van der Waals surface area (Å²) in [6, 6.07) is 14.7. The van der Waals surface area contributed by atoms with E-state index in [9.17, 15) is 0 Å². The van der Waals surface area contributed by atoms with Crippen LogP contribution in [0.1, 0.15) is 28.4 Å². The number of para-hydroxylation sites is 1. The summed E-state index contributed by atoms with van der Waals surface area (Å²) >= 11 is 0. The molecule has 3 aromatic rings. The van der Waals surface area contributed by atoms with Crippen molar-refractivity contribution in [1.82, 2.24) is 9.78 Å². The Balaban J connectivity index is 1.96. The molecule has 0 aliphatic heterocycles. The molecule has 0 spiro atoms. The van der Waals surface area contributed by atoms with Crippen LogP contribution in [0.15, 0.2) is 42.5 Å². The maximum atomic E-state index is 6.45. The van der Waals surface area contributed by atoms with Crippen LogP contribution in [0.3, 0.4) is 0 Å². The molecule has 1 heterocycles. The zero-order chi connectivity index (χ0) is 15.0. The molecule has 3 nitrogen and oxygen atoms in total. The summed E-state index contributed by atoms with van der Waals surface area (Å²) in [5.74, 6) is 0. The van der Waals surface area contributed by atoms with Crippen molar-refractivity contribution in [2.45, 2.75) is 26.3 Å². The molecule has 0 aliphatic carbocycles. The Hall–Kier alpha value is -2.13. The SMILES string of the molecule is Cc1ccc(C)c(C(N)Cc2nn(C)c3ccccc23)c1. The summed E-state index contributed by atoms with van der Waals surface area (Å²) in [6.45, 7) is 4.22. The maximum Gasteiger partial charge on any atom is 0.0722 e. The Labute approximate surface area is 125 Å². The lowest BCUT2D eigenvalue weighted by Gasteiger charge is -2.14. The van der Waals surface area contributed by atoms with Gasteiger partial charge in [0, 0.05) is 24.9 Å². The zero-order valence-corrected chi connectivity index (χ0v) is 12.8. The molecular formula is C18H21N3. The molecular weight excluding hydrogens is 258 g/mol. The molecule has 2 N–H and O–H groups in total. The lowest BCUT2D eigenvalue weighted by Crippen LogP contribution is -2.15. The molecule has 0 fully saturated rings. The highest BCUT2D eigenvalue weighted by Crippen LogP contribution is 2.24. The van der Waals surface area contributed by atoms with Gasteiger partial charge in [-0.3, -0.25) is 4.68 Å². The standard InChI is InChI=1S/C18H21N3/c1-12-8-9-13(2)15(10-12)16(19)11-17-14-6-4-5-7-18(14)21(3)20-17/h4-10,16H,11,19H2,1-3H3. The normalized spacial score (nSPS) is 12.8. The Bertz CT molecular complexity index is 786. The summed E-state index contributed by atoms with van der Waals surface area (Å²) in [7, 11) is 1.98. The number of aryl methyl sites for hydroxylation is 3. The van der Waals surface area contributed by atoms with Crippen molar-refractivity contribution in [1.29, 1.82) is 0 Å². The molecule has 0 amide bonds. The van der Waals surface area contributed by atoms with Gasteiger partial charge in [0.1, 0.15) is 0 Å². The van der Waals surface area contributed by atoms with E-state index in [-0.39, 0.29) is 6.04 Å². The van der Waals surface area contributed by atoms with Gasteiger partial charge in [0.25, 0.3) is 0 Å². The number of fused-ring (bicyclic) bond motifs is 1. The Morgan fingerprint density at radius 3 is 2.71 bits per heavy atom. The molecule has 0 bridgehead atoms. The Morgan fingerprint density at radius 1 is 1.14 bits per heavy atom. The van der Waals surface area contributed by atoms with Gasteiger partial charge in [-0.05, 0) is 31.0 Å². The van der Waals surface area contributed by atoms with E-state index >= 15 is 0 Å². The molecule has 21 heavy (non-hydrogen) atoms. The van der Waals surface area contributed by atoms with E-state index in [0.717, 1.165) is 17.6 Å². The number of hydrogen-bond acceptors (Lipinski definition) is 2. The lowest BCUT2D eigenvalue weighted by molar-refractivity contribution is 0.678. The average molecular weight is 279 g/mol. The second-order valence-electron chi connectivity index (χ2n) is 5.76. The van der Waals surface area contributed by atoms with Crippen LogP contribution in [-0.2, 0) is 13.5 Å². The molecule has 3 heteroatoms. The van der Waals surface area contributed by atoms with E-state index in [0.29, 0.717) is 0 Å². The summed E-state index contributed by atoms with van der Waals surface area (Å²) in [4.78, 5) is 0. The van der Waals surface area contributed by atoms with Crippen molar-refractivity contribution in [3.8, 4) is 0 Å². The van der Waals surface area contributed by atoms with E-state index < -0.39 is 0 Å². The smallest absolute Gasteiger partial charge is 0.0722 e. The predicted octanol–water partition coefficient (Wildman–Crippen LogP) is 3.43. The minimum absolute atomic E-state index is 0.0248. The molecule has 0 saturated heterocycles. The van der Waals surface area contributed by atoms with Gasteiger partial charge in [-0.25, -0.2) is 0 Å². The van der Waals surface area contributed by atoms with Gasteiger partial charge in [0.05, 0.1) is 11.2 Å². The highest BCUT2D eigenvalue weighted by molar-refractivity contribution is 5.81. The van der Waals surface area contributed by atoms with Gasteiger partial charge in [-0.15, -0.1) is 0 Å². The highest BCUT2D eigenvalue weighted by atomic mass is 15.3. The van der Waals surface area contributed by atoms with Gasteiger partial charge in [-0.2, -0.15) is 5.10 Å². The van der Waals surface area contributed by atoms with Crippen molar-refractivity contribution >= 4 is 10.9 Å². The van der Waals surface area contributed by atoms with Crippen LogP contribution < -0.4 is 5.73 Å². The molecule has 1 atom stereocenters. The molecule has 0 radical (unpaired) electrons. The Kier molecular flexibility index (Phi) is 3.52. The first-order valence-electron chi connectivity index (χ1n) is 7.29. The number of benzene rings is 2. The van der Waals surface area contributed by atoms with E-state index in [1.807, 2.05) is 17.8 Å². The van der Waals surface area contributed by atoms with E-state index in [2.05, 4.69) is 55.3 Å². The van der Waals surface area contributed by atoms with Gasteiger partial charge < -0.3 is 5.73 Å². The van der Waals surface area contributed by atoms with Gasteiger partial charge >= 0.3 is 0 Å². The first-order chi connectivity index (χ1) is 10.1. The fourth-order valence-corrected chi connectivity index (χ4v) is 2.92. The summed E-state index contributed by atoms with van der Waals surface area (Å²) in [5, 5.41) is 5.84. The van der Waals surface area contributed by atoms with Gasteiger partial charge in [0.15, 0.2) is 0 Å². The number of nitrogens with zero attached hydrogens (tertiary/aromatic N) is 2. The molecule has 0 aliphatic rings. The summed E-state index contributed by atoms with van der Waals surface area (Å²) < 4.78 is 1.93. The van der Waals surface area contributed by atoms with Crippen LogP contribution in [0.4, 0.5) is 0 Å². The second-order valence-corrected chi connectivity index (χ2v) is 5.76. The molecule has 108 valence electrons. The van der Waals surface area contributed by atoms with Crippen molar-refractivity contribution in [3.05, 3.63) is 64.8 Å². The zero-order valence-electron chi connectivity index (χ0n) is 12.8. The van der Waals surface area contributed by atoms with Crippen LogP contribution in [0.25, 0.3) is 10.9 Å². The number of hydrogen-bond donors (Lipinski definition) is 1. The minimum Gasteiger partial charge on any atom is -0.324 e. The van der Waals surface area contributed by atoms with E-state index in [4.69, 9.17) is 5.73 Å². The topological polar surface area (TPSA) is 43.8 Å². The number of nitrogens with two attached hydrogens (primary N) is 1. The lowest BCUT2D eigenvalue weighted by atomic mass is 9.95. The van der Waals surface area contributed by atoms with Crippen LogP contribution in [0.5, 0.6) is 0 Å². The van der Waals surface area contributed by atoms with Crippen LogP contribution in [-0.4, -0.2) is 9.78 Å². The Morgan fingerprint density at radius 2 is 1.90 bits per heavy atom. The fraction of sp³-hybridized carbons (Fsp3) is 0.278. The molecule has 1 unspecified atom stereocenters. The average Bonchev–Trinajstić information content (AvgIpc) is 2.78. The first kappa shape index (κ1) is 13.8. The molecule has 1 aromatic heterocycles. The third-order valence-corrected chi connectivity index (χ3v) is 4.08. The predicted molar refractivity (Wildman–Crippen MR) is 87.3 cm³/mol. The van der Waals surface area contributed by atoms with Crippen LogP contribution in [0.2, 0.25) is 0 Å². The van der Waals surface area contributed by atoms with Crippen LogP contribution >= 0.6 is 0 Å². The molecule has 3 rings (SSSR count). The second kappa shape index (κ2) is 5.34. The van der Waals surface area contributed by atoms with E-state index in [1.54, 1.807) is 0 Å². The van der Waals surface area contributed by atoms with E-state index in [1.165, 1.54) is 22.1 Å². The quantitative estimate of drug-likeness (QED) is 0.798. The van der Waals surface area contributed by atoms with Crippen molar-refractivity contribution in [2.24, 2.45) is 12.8 Å². The first-order valence-corrected chi connectivity index (χ1v) is 7.29. The molecule has 2 aromatic carbocycles. The van der Waals surface area contributed by atoms with Gasteiger partial charge in [0.2, 0.25) is 0 Å². The largest absolute Gasteiger partial charge is 0.324 e. The number of aromatic nitrogens is 2.